The number of rotatable bonds is 14. The van der Waals surface area contributed by atoms with Gasteiger partial charge in [-0.25, -0.2) is 9.97 Å². The van der Waals surface area contributed by atoms with E-state index in [2.05, 4.69) is 45.9 Å². The Balaban J connectivity index is 1.47. The standard InChI is InChI=1S/C22H41N5O/c1-4-5-6-7-9-23-10-17-28-16-8-11-26-12-14-27(15-13-26)22-24-18-21(19-25-22)20(2)3/h18-20,23H,4-17H2,1-3H3. The zero-order valence-electron chi connectivity index (χ0n) is 18.3. The van der Waals surface area contributed by atoms with Crippen molar-refractivity contribution in [3.8, 4) is 0 Å². The van der Waals surface area contributed by atoms with Crippen LogP contribution in [0.3, 0.4) is 0 Å². The topological polar surface area (TPSA) is 53.5 Å². The summed E-state index contributed by atoms with van der Waals surface area (Å²) >= 11 is 0. The van der Waals surface area contributed by atoms with Crippen molar-refractivity contribution in [1.29, 1.82) is 0 Å². The number of hydrogen-bond acceptors (Lipinski definition) is 6. The number of hydrogen-bond donors (Lipinski definition) is 1. The second-order valence-electron chi connectivity index (χ2n) is 8.08. The third kappa shape index (κ3) is 8.84. The van der Waals surface area contributed by atoms with Crippen molar-refractivity contribution in [3.05, 3.63) is 18.0 Å². The molecule has 0 bridgehead atoms. The number of aromatic nitrogens is 2. The predicted octanol–water partition coefficient (Wildman–Crippen LogP) is 3.30. The highest BCUT2D eigenvalue weighted by Crippen LogP contribution is 2.15. The summed E-state index contributed by atoms with van der Waals surface area (Å²) in [5.41, 5.74) is 1.20. The largest absolute Gasteiger partial charge is 0.380 e. The highest BCUT2D eigenvalue weighted by atomic mass is 16.5. The number of nitrogens with one attached hydrogen (secondary N) is 1. The van der Waals surface area contributed by atoms with Crippen LogP contribution in [0, 0.1) is 0 Å². The van der Waals surface area contributed by atoms with Crippen molar-refractivity contribution < 1.29 is 4.74 Å². The Labute approximate surface area is 172 Å². The fraction of sp³-hybridized carbons (Fsp3) is 0.818. The number of anilines is 1. The molecule has 6 nitrogen and oxygen atoms in total. The molecule has 2 rings (SSSR count). The first-order valence-corrected chi connectivity index (χ1v) is 11.3. The van der Waals surface area contributed by atoms with Gasteiger partial charge in [0.2, 0.25) is 5.95 Å². The van der Waals surface area contributed by atoms with E-state index in [0.717, 1.165) is 71.4 Å². The Bertz CT molecular complexity index is 500. The molecule has 6 heteroatoms. The van der Waals surface area contributed by atoms with Crippen LogP contribution in [-0.2, 0) is 4.74 Å². The molecule has 0 amide bonds. The first-order valence-electron chi connectivity index (χ1n) is 11.3. The summed E-state index contributed by atoms with van der Waals surface area (Å²) < 4.78 is 5.75. The van der Waals surface area contributed by atoms with Gasteiger partial charge in [-0.2, -0.15) is 0 Å². The highest BCUT2D eigenvalue weighted by Gasteiger charge is 2.18. The minimum Gasteiger partial charge on any atom is -0.380 e. The molecule has 0 aromatic carbocycles. The van der Waals surface area contributed by atoms with Crippen LogP contribution in [0.5, 0.6) is 0 Å². The molecule has 1 aliphatic rings. The highest BCUT2D eigenvalue weighted by molar-refractivity contribution is 5.31. The van der Waals surface area contributed by atoms with E-state index in [9.17, 15) is 0 Å². The molecule has 1 aromatic heterocycles. The van der Waals surface area contributed by atoms with Gasteiger partial charge in [0.1, 0.15) is 0 Å². The molecule has 0 saturated carbocycles. The Morgan fingerprint density at radius 2 is 1.71 bits per heavy atom. The Hall–Kier alpha value is -1.24. The maximum Gasteiger partial charge on any atom is 0.225 e. The van der Waals surface area contributed by atoms with Gasteiger partial charge < -0.3 is 15.0 Å². The predicted molar refractivity (Wildman–Crippen MR) is 117 cm³/mol. The van der Waals surface area contributed by atoms with Crippen LogP contribution >= 0.6 is 0 Å². The van der Waals surface area contributed by atoms with Crippen molar-refractivity contribution in [2.45, 2.75) is 58.8 Å². The maximum absolute atomic E-state index is 5.75. The molecule has 1 saturated heterocycles. The minimum absolute atomic E-state index is 0.481. The van der Waals surface area contributed by atoms with Gasteiger partial charge in [-0.15, -0.1) is 0 Å². The SMILES string of the molecule is CCCCCCNCCOCCCN1CCN(c2ncc(C(C)C)cn2)CC1. The number of unbranched alkanes of at least 4 members (excludes halogenated alkanes) is 3. The van der Waals surface area contributed by atoms with E-state index in [1.807, 2.05) is 12.4 Å². The fourth-order valence-electron chi connectivity index (χ4n) is 3.40. The molecule has 0 radical (unpaired) electrons. The molecule has 0 atom stereocenters. The van der Waals surface area contributed by atoms with Gasteiger partial charge in [-0.1, -0.05) is 40.0 Å². The lowest BCUT2D eigenvalue weighted by Gasteiger charge is -2.34. The van der Waals surface area contributed by atoms with Crippen molar-refractivity contribution in [2.24, 2.45) is 0 Å². The summed E-state index contributed by atoms with van der Waals surface area (Å²) in [5.74, 6) is 1.35. The van der Waals surface area contributed by atoms with Gasteiger partial charge in [-0.05, 0) is 30.9 Å². The van der Waals surface area contributed by atoms with E-state index in [1.54, 1.807) is 0 Å². The molecule has 28 heavy (non-hydrogen) atoms. The van der Waals surface area contributed by atoms with Gasteiger partial charge in [0.15, 0.2) is 0 Å². The third-order valence-electron chi connectivity index (χ3n) is 5.37. The minimum atomic E-state index is 0.481. The first-order chi connectivity index (χ1) is 13.7. The second kappa shape index (κ2) is 13.9. The summed E-state index contributed by atoms with van der Waals surface area (Å²) in [4.78, 5) is 13.9. The lowest BCUT2D eigenvalue weighted by Crippen LogP contribution is -2.47. The number of nitrogens with zero attached hydrogens (tertiary/aromatic N) is 4. The van der Waals surface area contributed by atoms with Crippen LogP contribution in [0.25, 0.3) is 0 Å². The number of ether oxygens (including phenoxy) is 1. The van der Waals surface area contributed by atoms with E-state index in [0.29, 0.717) is 5.92 Å². The normalized spacial score (nSPS) is 15.5. The monoisotopic (exact) mass is 391 g/mol. The van der Waals surface area contributed by atoms with E-state index in [1.165, 1.54) is 31.2 Å². The zero-order valence-corrected chi connectivity index (χ0v) is 18.3. The molecule has 1 N–H and O–H groups in total. The van der Waals surface area contributed by atoms with E-state index >= 15 is 0 Å². The molecular formula is C22H41N5O. The van der Waals surface area contributed by atoms with Gasteiger partial charge in [-0.3, -0.25) is 4.90 Å². The third-order valence-corrected chi connectivity index (χ3v) is 5.37. The summed E-state index contributed by atoms with van der Waals surface area (Å²) in [5, 5.41) is 3.46. The lowest BCUT2D eigenvalue weighted by atomic mass is 10.1. The maximum atomic E-state index is 5.75. The van der Waals surface area contributed by atoms with Gasteiger partial charge in [0.05, 0.1) is 6.61 Å². The fourth-order valence-corrected chi connectivity index (χ4v) is 3.40. The van der Waals surface area contributed by atoms with Crippen LogP contribution in [-0.4, -0.2) is 73.9 Å². The average molecular weight is 392 g/mol. The first kappa shape index (κ1) is 23.0. The van der Waals surface area contributed by atoms with E-state index in [4.69, 9.17) is 4.74 Å². The van der Waals surface area contributed by atoms with Crippen molar-refractivity contribution in [1.82, 2.24) is 20.2 Å². The Morgan fingerprint density at radius 3 is 2.39 bits per heavy atom. The zero-order chi connectivity index (χ0) is 20.0. The summed E-state index contributed by atoms with van der Waals surface area (Å²) in [6.07, 6.45) is 10.3. The van der Waals surface area contributed by atoms with Crippen LogP contribution in [0.1, 0.15) is 64.4 Å². The van der Waals surface area contributed by atoms with Crippen LogP contribution in [0.4, 0.5) is 5.95 Å². The molecule has 1 aliphatic heterocycles. The van der Waals surface area contributed by atoms with Crippen LogP contribution < -0.4 is 10.2 Å². The Kier molecular flexibility index (Phi) is 11.4. The van der Waals surface area contributed by atoms with E-state index < -0.39 is 0 Å². The quantitative estimate of drug-likeness (QED) is 0.491. The van der Waals surface area contributed by atoms with Gasteiger partial charge in [0.25, 0.3) is 0 Å². The molecule has 0 aliphatic carbocycles. The molecule has 1 aromatic rings. The Morgan fingerprint density at radius 1 is 0.964 bits per heavy atom. The lowest BCUT2D eigenvalue weighted by molar-refractivity contribution is 0.121. The van der Waals surface area contributed by atoms with Crippen molar-refractivity contribution in [2.75, 3.05) is 63.9 Å². The summed E-state index contributed by atoms with van der Waals surface area (Å²) in [7, 11) is 0. The molecule has 2 heterocycles. The van der Waals surface area contributed by atoms with Crippen LogP contribution in [0.15, 0.2) is 12.4 Å². The van der Waals surface area contributed by atoms with Crippen molar-refractivity contribution >= 4 is 5.95 Å². The van der Waals surface area contributed by atoms with Gasteiger partial charge >= 0.3 is 0 Å². The second-order valence-corrected chi connectivity index (χ2v) is 8.08. The smallest absolute Gasteiger partial charge is 0.225 e. The van der Waals surface area contributed by atoms with E-state index in [-0.39, 0.29) is 0 Å². The summed E-state index contributed by atoms with van der Waals surface area (Å²) in [6.45, 7) is 15.7. The molecular weight excluding hydrogens is 350 g/mol. The van der Waals surface area contributed by atoms with Crippen LogP contribution in [0.2, 0.25) is 0 Å². The molecule has 160 valence electrons. The molecule has 1 fully saturated rings. The van der Waals surface area contributed by atoms with Gasteiger partial charge in [0, 0.05) is 58.3 Å². The molecule has 0 unspecified atom stereocenters. The summed E-state index contributed by atoms with van der Waals surface area (Å²) in [6, 6.07) is 0. The van der Waals surface area contributed by atoms with Crippen molar-refractivity contribution in [3.63, 3.8) is 0 Å². The number of piperazine rings is 1. The molecule has 0 spiro atoms. The average Bonchev–Trinajstić information content (AvgIpc) is 2.72.